The van der Waals surface area contributed by atoms with Gasteiger partial charge in [0, 0.05) is 30.9 Å². The molecule has 0 unspecified atom stereocenters. The number of pyridine rings is 1. The van der Waals surface area contributed by atoms with Gasteiger partial charge in [0.2, 0.25) is 5.91 Å². The molecular weight excluding hydrogens is 432 g/mol. The first-order valence-electron chi connectivity index (χ1n) is 9.54. The lowest BCUT2D eigenvalue weighted by molar-refractivity contribution is -0.114. The van der Waals surface area contributed by atoms with Crippen molar-refractivity contribution in [3.8, 4) is 5.75 Å². The van der Waals surface area contributed by atoms with Crippen LogP contribution >= 0.6 is 0 Å². The van der Waals surface area contributed by atoms with Crippen LogP contribution < -0.4 is 20.1 Å². The zero-order valence-electron chi connectivity index (χ0n) is 17.5. The maximum atomic E-state index is 12.7. The van der Waals surface area contributed by atoms with Gasteiger partial charge in [0.15, 0.2) is 0 Å². The number of para-hydroxylation sites is 1. The van der Waals surface area contributed by atoms with Crippen LogP contribution in [0.2, 0.25) is 0 Å². The third kappa shape index (κ3) is 5.82. The fourth-order valence-corrected chi connectivity index (χ4v) is 3.92. The molecule has 2 amide bonds. The molecule has 0 aliphatic heterocycles. The van der Waals surface area contributed by atoms with Crippen LogP contribution in [0, 0.1) is 0 Å². The Bertz CT molecular complexity index is 1230. The lowest BCUT2D eigenvalue weighted by Crippen LogP contribution is -2.23. The van der Waals surface area contributed by atoms with Gasteiger partial charge in [0.1, 0.15) is 5.75 Å². The van der Waals surface area contributed by atoms with E-state index in [9.17, 15) is 18.0 Å². The maximum absolute atomic E-state index is 12.7. The van der Waals surface area contributed by atoms with Crippen LogP contribution in [0.25, 0.3) is 0 Å². The van der Waals surface area contributed by atoms with E-state index in [2.05, 4.69) is 20.3 Å². The van der Waals surface area contributed by atoms with Crippen LogP contribution in [0.15, 0.2) is 71.9 Å². The first-order valence-corrected chi connectivity index (χ1v) is 11.0. The number of ether oxygens (including phenoxy) is 1. The number of carbonyl (C=O) groups is 2. The summed E-state index contributed by atoms with van der Waals surface area (Å²) in [6, 6.07) is 14.4. The van der Waals surface area contributed by atoms with Crippen LogP contribution in [0.5, 0.6) is 5.75 Å². The first-order chi connectivity index (χ1) is 15.3. The topological polar surface area (TPSA) is 126 Å². The van der Waals surface area contributed by atoms with Gasteiger partial charge in [0.25, 0.3) is 15.9 Å². The zero-order valence-corrected chi connectivity index (χ0v) is 18.3. The van der Waals surface area contributed by atoms with E-state index in [1.165, 1.54) is 49.6 Å². The number of anilines is 2. The van der Waals surface area contributed by atoms with Crippen LogP contribution in [0.4, 0.5) is 11.4 Å². The van der Waals surface area contributed by atoms with Gasteiger partial charge in [0.05, 0.1) is 29.5 Å². The summed E-state index contributed by atoms with van der Waals surface area (Å²) in [5, 5.41) is 5.33. The second-order valence-electron chi connectivity index (χ2n) is 6.77. The standard InChI is InChI=1S/C22H22N4O5S/c1-15(27)25-18-7-9-20(10-8-18)32(29,30)26-19-11-17(12-23-14-19)22(28)24-13-16-5-3-4-6-21(16)31-2/h3-12,14,26H,13H2,1-2H3,(H,24,28)(H,25,27). The zero-order chi connectivity index (χ0) is 23.1. The number of hydrogen-bond acceptors (Lipinski definition) is 6. The lowest BCUT2D eigenvalue weighted by atomic mass is 10.2. The molecule has 0 aliphatic carbocycles. The SMILES string of the molecule is COc1ccccc1CNC(=O)c1cncc(NS(=O)(=O)c2ccc(NC(C)=O)cc2)c1. The summed E-state index contributed by atoms with van der Waals surface area (Å²) in [5.74, 6) is -0.0216. The summed E-state index contributed by atoms with van der Waals surface area (Å²) < 4.78 is 33.0. The average molecular weight is 455 g/mol. The molecule has 2 aromatic carbocycles. The molecule has 166 valence electrons. The fourth-order valence-electron chi connectivity index (χ4n) is 2.88. The Kier molecular flexibility index (Phi) is 7.06. The van der Waals surface area contributed by atoms with Gasteiger partial charge >= 0.3 is 0 Å². The minimum absolute atomic E-state index is 0.00220. The van der Waals surface area contributed by atoms with E-state index in [1.54, 1.807) is 13.2 Å². The number of nitrogens with one attached hydrogen (secondary N) is 3. The van der Waals surface area contributed by atoms with E-state index in [0.29, 0.717) is 11.4 Å². The highest BCUT2D eigenvalue weighted by Crippen LogP contribution is 2.19. The number of rotatable bonds is 8. The minimum atomic E-state index is -3.92. The van der Waals surface area contributed by atoms with Crippen molar-refractivity contribution in [1.82, 2.24) is 10.3 Å². The van der Waals surface area contributed by atoms with E-state index in [1.807, 2.05) is 18.2 Å². The number of hydrogen-bond donors (Lipinski definition) is 3. The van der Waals surface area contributed by atoms with E-state index >= 15 is 0 Å². The molecular formula is C22H22N4O5S. The highest BCUT2D eigenvalue weighted by atomic mass is 32.2. The maximum Gasteiger partial charge on any atom is 0.261 e. The summed E-state index contributed by atoms with van der Waals surface area (Å²) in [6.45, 7) is 1.60. The van der Waals surface area contributed by atoms with Crippen molar-refractivity contribution in [2.24, 2.45) is 0 Å². The monoisotopic (exact) mass is 454 g/mol. The molecule has 0 saturated heterocycles. The normalized spacial score (nSPS) is 10.8. The van der Waals surface area contributed by atoms with Crippen molar-refractivity contribution < 1.29 is 22.7 Å². The van der Waals surface area contributed by atoms with Crippen molar-refractivity contribution in [1.29, 1.82) is 0 Å². The molecule has 1 heterocycles. The molecule has 32 heavy (non-hydrogen) atoms. The first kappa shape index (κ1) is 22.8. The largest absolute Gasteiger partial charge is 0.496 e. The second kappa shape index (κ2) is 9.92. The van der Waals surface area contributed by atoms with Crippen molar-refractivity contribution in [2.75, 3.05) is 17.1 Å². The molecule has 9 nitrogen and oxygen atoms in total. The van der Waals surface area contributed by atoms with Gasteiger partial charge in [-0.3, -0.25) is 19.3 Å². The Morgan fingerprint density at radius 1 is 1.00 bits per heavy atom. The average Bonchev–Trinajstić information content (AvgIpc) is 2.77. The summed E-state index contributed by atoms with van der Waals surface area (Å²) in [7, 11) is -2.37. The summed E-state index contributed by atoms with van der Waals surface area (Å²) in [6.07, 6.45) is 2.65. The molecule has 0 radical (unpaired) electrons. The van der Waals surface area contributed by atoms with E-state index in [4.69, 9.17) is 4.74 Å². The van der Waals surface area contributed by atoms with Crippen molar-refractivity contribution in [2.45, 2.75) is 18.4 Å². The molecule has 0 atom stereocenters. The molecule has 0 fully saturated rings. The number of carbonyl (C=O) groups excluding carboxylic acids is 2. The van der Waals surface area contributed by atoms with Gasteiger partial charge in [-0.25, -0.2) is 8.42 Å². The molecule has 3 rings (SSSR count). The Morgan fingerprint density at radius 2 is 1.72 bits per heavy atom. The third-order valence-electron chi connectivity index (χ3n) is 4.37. The molecule has 10 heteroatoms. The fraction of sp³-hybridized carbons (Fsp3) is 0.136. The molecule has 1 aromatic heterocycles. The highest BCUT2D eigenvalue weighted by Gasteiger charge is 2.16. The van der Waals surface area contributed by atoms with Gasteiger partial charge in [-0.05, 0) is 36.4 Å². The van der Waals surface area contributed by atoms with Crippen molar-refractivity contribution >= 4 is 33.2 Å². The molecule has 3 N–H and O–H groups in total. The number of benzene rings is 2. The Hall–Kier alpha value is -3.92. The Labute approximate surface area is 185 Å². The number of nitrogens with zero attached hydrogens (tertiary/aromatic N) is 1. The predicted octanol–water partition coefficient (Wildman–Crippen LogP) is 2.78. The lowest BCUT2D eigenvalue weighted by Gasteiger charge is -2.11. The van der Waals surface area contributed by atoms with Crippen LogP contribution in [0.1, 0.15) is 22.8 Å². The van der Waals surface area contributed by atoms with Crippen molar-refractivity contribution in [3.63, 3.8) is 0 Å². The summed E-state index contributed by atoms with van der Waals surface area (Å²) in [4.78, 5) is 27.6. The number of aromatic nitrogens is 1. The van der Waals surface area contributed by atoms with E-state index in [-0.39, 0.29) is 28.6 Å². The van der Waals surface area contributed by atoms with Crippen LogP contribution in [-0.4, -0.2) is 32.3 Å². The van der Waals surface area contributed by atoms with Gasteiger partial charge in [-0.2, -0.15) is 0 Å². The van der Waals surface area contributed by atoms with Gasteiger partial charge in [-0.15, -0.1) is 0 Å². The highest BCUT2D eigenvalue weighted by molar-refractivity contribution is 7.92. The van der Waals surface area contributed by atoms with Gasteiger partial charge in [-0.1, -0.05) is 18.2 Å². The number of sulfonamides is 1. The Morgan fingerprint density at radius 3 is 2.41 bits per heavy atom. The van der Waals surface area contributed by atoms with Crippen molar-refractivity contribution in [3.05, 3.63) is 78.1 Å². The quantitative estimate of drug-likeness (QED) is 0.480. The molecule has 0 aliphatic rings. The number of amides is 2. The summed E-state index contributed by atoms with van der Waals surface area (Å²) in [5.41, 5.74) is 1.62. The number of methoxy groups -OCH3 is 1. The predicted molar refractivity (Wildman–Crippen MR) is 120 cm³/mol. The Balaban J connectivity index is 1.69. The van der Waals surface area contributed by atoms with Gasteiger partial charge < -0.3 is 15.4 Å². The van der Waals surface area contributed by atoms with Crippen LogP contribution in [0.3, 0.4) is 0 Å². The molecule has 3 aromatic rings. The van der Waals surface area contributed by atoms with Crippen LogP contribution in [-0.2, 0) is 21.4 Å². The molecule has 0 bridgehead atoms. The molecule has 0 spiro atoms. The second-order valence-corrected chi connectivity index (χ2v) is 8.45. The van der Waals surface area contributed by atoms with E-state index < -0.39 is 15.9 Å². The summed E-state index contributed by atoms with van der Waals surface area (Å²) >= 11 is 0. The minimum Gasteiger partial charge on any atom is -0.496 e. The molecule has 0 saturated carbocycles. The smallest absolute Gasteiger partial charge is 0.261 e. The van der Waals surface area contributed by atoms with E-state index in [0.717, 1.165) is 5.56 Å². The third-order valence-corrected chi connectivity index (χ3v) is 5.77.